The highest BCUT2D eigenvalue weighted by molar-refractivity contribution is 5.47. The molecule has 0 unspecified atom stereocenters. The molecule has 158 valence electrons. The summed E-state index contributed by atoms with van der Waals surface area (Å²) in [6.45, 7) is 5.71. The zero-order valence-corrected chi connectivity index (χ0v) is 16.3. The second-order valence-electron chi connectivity index (χ2n) is 8.03. The topological polar surface area (TPSA) is 50.6 Å². The number of alkyl halides is 4. The van der Waals surface area contributed by atoms with Crippen LogP contribution in [0.3, 0.4) is 0 Å². The summed E-state index contributed by atoms with van der Waals surface area (Å²) >= 11 is 0. The average molecular weight is 406 g/mol. The highest BCUT2D eigenvalue weighted by Crippen LogP contribution is 2.35. The molecule has 1 saturated heterocycles. The molecule has 1 aromatic rings. The van der Waals surface area contributed by atoms with E-state index in [0.717, 1.165) is 4.90 Å². The first-order valence-electron chi connectivity index (χ1n) is 9.46. The van der Waals surface area contributed by atoms with E-state index in [1.807, 2.05) is 11.8 Å². The van der Waals surface area contributed by atoms with Gasteiger partial charge in [-0.15, -0.1) is 0 Å². The second kappa shape index (κ2) is 7.53. The van der Waals surface area contributed by atoms with Crippen LogP contribution < -0.4 is 15.4 Å². The molecule has 2 atom stereocenters. The summed E-state index contributed by atoms with van der Waals surface area (Å²) in [5, 5.41) is 0. The fourth-order valence-corrected chi connectivity index (χ4v) is 3.66. The third-order valence-electron chi connectivity index (χ3n) is 5.22. The van der Waals surface area contributed by atoms with Crippen molar-refractivity contribution >= 4 is 11.8 Å². The molecule has 6 nitrogen and oxygen atoms in total. The Balaban J connectivity index is 2.02. The van der Waals surface area contributed by atoms with Crippen LogP contribution in [-0.4, -0.2) is 59.8 Å². The Morgan fingerprint density at radius 3 is 2.57 bits per heavy atom. The van der Waals surface area contributed by atoms with Gasteiger partial charge in [-0.2, -0.15) is 18.2 Å². The molecule has 0 aromatic carbocycles. The van der Waals surface area contributed by atoms with E-state index in [1.54, 1.807) is 0 Å². The summed E-state index contributed by atoms with van der Waals surface area (Å²) in [6, 6.07) is -0.487. The first-order chi connectivity index (χ1) is 13.0. The molecular formula is C18H26F4N4O2. The maximum absolute atomic E-state index is 14.0. The summed E-state index contributed by atoms with van der Waals surface area (Å²) in [5.41, 5.74) is -2.03. The van der Waals surface area contributed by atoms with Gasteiger partial charge in [-0.25, -0.2) is 4.39 Å². The molecule has 1 aromatic heterocycles. The molecule has 10 heteroatoms. The van der Waals surface area contributed by atoms with Gasteiger partial charge in [0.2, 0.25) is 5.95 Å². The highest BCUT2D eigenvalue weighted by atomic mass is 19.4. The Morgan fingerprint density at radius 1 is 1.25 bits per heavy atom. The van der Waals surface area contributed by atoms with Gasteiger partial charge in [0.15, 0.2) is 0 Å². The summed E-state index contributed by atoms with van der Waals surface area (Å²) in [7, 11) is 0. The van der Waals surface area contributed by atoms with E-state index >= 15 is 0 Å². The number of nitrogens with zero attached hydrogens (tertiary/aromatic N) is 4. The van der Waals surface area contributed by atoms with E-state index in [1.165, 1.54) is 24.5 Å². The number of hydrogen-bond donors (Lipinski definition) is 0. The molecule has 0 aliphatic carbocycles. The normalized spacial score (nSPS) is 23.7. The van der Waals surface area contributed by atoms with Gasteiger partial charge in [-0.1, -0.05) is 0 Å². The minimum absolute atomic E-state index is 0.0426. The van der Waals surface area contributed by atoms with Gasteiger partial charge >= 0.3 is 6.18 Å². The lowest BCUT2D eigenvalue weighted by atomic mass is 10.0. The van der Waals surface area contributed by atoms with Gasteiger partial charge in [0.1, 0.15) is 17.5 Å². The van der Waals surface area contributed by atoms with Gasteiger partial charge in [0, 0.05) is 25.7 Å². The lowest BCUT2D eigenvalue weighted by Gasteiger charge is -2.41. The van der Waals surface area contributed by atoms with E-state index in [-0.39, 0.29) is 37.9 Å². The molecule has 0 spiro atoms. The zero-order valence-electron chi connectivity index (χ0n) is 16.3. The number of hydrogen-bond acceptors (Lipinski definition) is 5. The maximum Gasteiger partial charge on any atom is 0.408 e. The predicted molar refractivity (Wildman–Crippen MR) is 97.7 cm³/mol. The number of halogens is 4. The van der Waals surface area contributed by atoms with Crippen molar-refractivity contribution in [3.05, 3.63) is 16.4 Å². The van der Waals surface area contributed by atoms with Crippen molar-refractivity contribution in [2.45, 2.75) is 64.1 Å². The van der Waals surface area contributed by atoms with Gasteiger partial charge in [-0.05, 0) is 33.6 Å². The monoisotopic (exact) mass is 406 g/mol. The largest absolute Gasteiger partial charge is 0.408 e. The van der Waals surface area contributed by atoms with E-state index in [9.17, 15) is 22.4 Å². The van der Waals surface area contributed by atoms with Gasteiger partial charge in [0.05, 0.1) is 19.3 Å². The third-order valence-corrected chi connectivity index (χ3v) is 5.22. The molecule has 1 fully saturated rings. The van der Waals surface area contributed by atoms with Crippen molar-refractivity contribution in [2.24, 2.45) is 0 Å². The van der Waals surface area contributed by atoms with Crippen LogP contribution >= 0.6 is 0 Å². The molecule has 0 radical (unpaired) electrons. The number of anilines is 2. The third kappa shape index (κ3) is 4.42. The Morgan fingerprint density at radius 2 is 1.96 bits per heavy atom. The van der Waals surface area contributed by atoms with Crippen molar-refractivity contribution in [2.75, 3.05) is 36.1 Å². The molecule has 28 heavy (non-hydrogen) atoms. The van der Waals surface area contributed by atoms with Crippen LogP contribution in [0.4, 0.5) is 29.3 Å². The quantitative estimate of drug-likeness (QED) is 0.720. The van der Waals surface area contributed by atoms with Crippen LogP contribution in [0, 0.1) is 0 Å². The van der Waals surface area contributed by atoms with E-state index in [0.29, 0.717) is 25.6 Å². The molecule has 3 heterocycles. The van der Waals surface area contributed by atoms with E-state index in [4.69, 9.17) is 4.74 Å². The fourth-order valence-electron chi connectivity index (χ4n) is 3.66. The maximum atomic E-state index is 14.0. The summed E-state index contributed by atoms with van der Waals surface area (Å²) in [5.74, 6) is 0.290. The summed E-state index contributed by atoms with van der Waals surface area (Å²) in [6.07, 6.45) is -4.86. The standard InChI is InChI=1S/C18H26F4N4O2/c1-12-11-28-9-8-24(12)14-10-15(27)26-6-4-13(18(20,21)22)25(16(26)23-14)7-5-17(2,3)19/h10,12-13H,4-9,11H2,1-3H3/t12-,13+/m1/s1. The van der Waals surface area contributed by atoms with Gasteiger partial charge in [0.25, 0.3) is 5.56 Å². The molecule has 2 aliphatic heterocycles. The number of aromatic nitrogens is 2. The molecule has 0 amide bonds. The summed E-state index contributed by atoms with van der Waals surface area (Å²) in [4.78, 5) is 20.0. The molecule has 0 N–H and O–H groups in total. The van der Waals surface area contributed by atoms with Gasteiger partial charge in [-0.3, -0.25) is 9.36 Å². The minimum Gasteiger partial charge on any atom is -0.377 e. The molecule has 3 rings (SSSR count). The number of ether oxygens (including phenoxy) is 1. The molecule has 2 aliphatic rings. The van der Waals surface area contributed by atoms with Gasteiger partial charge < -0.3 is 14.5 Å². The van der Waals surface area contributed by atoms with Crippen molar-refractivity contribution in [3.8, 4) is 0 Å². The Kier molecular flexibility index (Phi) is 5.62. The van der Waals surface area contributed by atoms with Crippen LogP contribution in [0.2, 0.25) is 0 Å². The lowest BCUT2D eigenvalue weighted by molar-refractivity contribution is -0.153. The Hall–Kier alpha value is -1.84. The predicted octanol–water partition coefficient (Wildman–Crippen LogP) is 2.75. The first-order valence-corrected chi connectivity index (χ1v) is 9.46. The fraction of sp³-hybridized carbons (Fsp3) is 0.778. The van der Waals surface area contributed by atoms with Crippen LogP contribution in [0.25, 0.3) is 0 Å². The smallest absolute Gasteiger partial charge is 0.377 e. The average Bonchev–Trinajstić information content (AvgIpc) is 2.58. The van der Waals surface area contributed by atoms with Crippen molar-refractivity contribution in [1.82, 2.24) is 9.55 Å². The van der Waals surface area contributed by atoms with Crippen LogP contribution in [0.5, 0.6) is 0 Å². The Bertz CT molecular complexity index is 759. The number of morpholine rings is 1. The SMILES string of the molecule is C[C@@H]1COCCN1c1cc(=O)n2c(n1)N(CCC(C)(C)F)[C@H](C(F)(F)F)CC2. The van der Waals surface area contributed by atoms with E-state index < -0.39 is 23.4 Å². The van der Waals surface area contributed by atoms with Crippen molar-refractivity contribution in [1.29, 1.82) is 0 Å². The van der Waals surface area contributed by atoms with Crippen LogP contribution in [0.15, 0.2) is 10.9 Å². The molecular weight excluding hydrogens is 380 g/mol. The highest BCUT2D eigenvalue weighted by Gasteiger charge is 2.47. The van der Waals surface area contributed by atoms with Crippen LogP contribution in [-0.2, 0) is 11.3 Å². The zero-order chi connectivity index (χ0) is 20.7. The molecule has 0 bridgehead atoms. The summed E-state index contributed by atoms with van der Waals surface area (Å²) < 4.78 is 61.6. The first kappa shape index (κ1) is 20.9. The van der Waals surface area contributed by atoms with Crippen LogP contribution in [0.1, 0.15) is 33.6 Å². The van der Waals surface area contributed by atoms with Crippen molar-refractivity contribution < 1.29 is 22.3 Å². The molecule has 0 saturated carbocycles. The minimum atomic E-state index is -4.49. The lowest BCUT2D eigenvalue weighted by Crippen LogP contribution is -2.53. The van der Waals surface area contributed by atoms with Crippen molar-refractivity contribution in [3.63, 3.8) is 0 Å². The second-order valence-corrected chi connectivity index (χ2v) is 8.03. The number of fused-ring (bicyclic) bond motifs is 1. The number of rotatable bonds is 4. The Labute approximate surface area is 161 Å². The van der Waals surface area contributed by atoms with E-state index in [2.05, 4.69) is 4.98 Å².